The highest BCUT2D eigenvalue weighted by Gasteiger charge is 2.27. The highest BCUT2D eigenvalue weighted by molar-refractivity contribution is 9.10. The van der Waals surface area contributed by atoms with Gasteiger partial charge in [-0.25, -0.2) is 8.42 Å². The van der Waals surface area contributed by atoms with Crippen molar-refractivity contribution in [2.24, 2.45) is 0 Å². The van der Waals surface area contributed by atoms with Crippen molar-refractivity contribution in [1.82, 2.24) is 4.31 Å². The third-order valence-corrected chi connectivity index (χ3v) is 7.27. The van der Waals surface area contributed by atoms with Crippen LogP contribution in [0.2, 0.25) is 0 Å². The zero-order chi connectivity index (χ0) is 24.0. The van der Waals surface area contributed by atoms with Gasteiger partial charge >= 0.3 is 0 Å². The van der Waals surface area contributed by atoms with Gasteiger partial charge in [0.05, 0.1) is 31.3 Å². The Morgan fingerprint density at radius 2 is 1.64 bits per heavy atom. The number of benzene rings is 3. The predicted octanol–water partition coefficient (Wildman–Crippen LogP) is 4.60. The van der Waals surface area contributed by atoms with E-state index in [1.165, 1.54) is 26.4 Å². The Balaban J connectivity index is 1.90. The van der Waals surface area contributed by atoms with Crippen molar-refractivity contribution >= 4 is 37.5 Å². The van der Waals surface area contributed by atoms with Crippen molar-refractivity contribution in [2.45, 2.75) is 18.4 Å². The molecule has 0 aromatic heterocycles. The maximum Gasteiger partial charge on any atom is 0.243 e. The number of carbonyl (C=O) groups is 1. The van der Waals surface area contributed by atoms with Gasteiger partial charge in [-0.3, -0.25) is 4.79 Å². The molecule has 174 valence electrons. The number of nitrogens with one attached hydrogen (secondary N) is 1. The standard InChI is InChI=1S/C24H25BrN2O5S/c1-17-4-6-18(7-5-17)15-27(33(29,30)21-11-8-19(25)9-12-21)16-24(28)26-22-14-20(31-2)10-13-23(22)32-3/h4-14H,15-16H2,1-3H3,(H,26,28). The minimum absolute atomic E-state index is 0.0430. The van der Waals surface area contributed by atoms with Gasteiger partial charge in [0.2, 0.25) is 15.9 Å². The van der Waals surface area contributed by atoms with Crippen molar-refractivity contribution in [3.63, 3.8) is 0 Å². The van der Waals surface area contributed by atoms with E-state index in [1.54, 1.807) is 30.3 Å². The molecule has 9 heteroatoms. The Bertz CT molecular complexity index is 1210. The number of nitrogens with zero attached hydrogens (tertiary/aromatic N) is 1. The highest BCUT2D eigenvalue weighted by Crippen LogP contribution is 2.29. The molecule has 0 spiro atoms. The van der Waals surface area contributed by atoms with E-state index in [9.17, 15) is 13.2 Å². The van der Waals surface area contributed by atoms with Crippen LogP contribution in [0.1, 0.15) is 11.1 Å². The van der Waals surface area contributed by atoms with E-state index in [-0.39, 0.29) is 18.0 Å². The molecule has 0 aliphatic carbocycles. The average molecular weight is 533 g/mol. The van der Waals surface area contributed by atoms with Crippen LogP contribution < -0.4 is 14.8 Å². The van der Waals surface area contributed by atoms with Gasteiger partial charge in [0.1, 0.15) is 11.5 Å². The van der Waals surface area contributed by atoms with Crippen LogP contribution >= 0.6 is 15.9 Å². The molecule has 0 aliphatic heterocycles. The molecule has 0 heterocycles. The van der Waals surface area contributed by atoms with E-state index in [0.29, 0.717) is 17.2 Å². The van der Waals surface area contributed by atoms with Gasteiger partial charge in [-0.05, 0) is 48.9 Å². The predicted molar refractivity (Wildman–Crippen MR) is 131 cm³/mol. The lowest BCUT2D eigenvalue weighted by molar-refractivity contribution is -0.116. The lowest BCUT2D eigenvalue weighted by Crippen LogP contribution is -2.37. The van der Waals surface area contributed by atoms with Gasteiger partial charge in [-0.2, -0.15) is 4.31 Å². The number of hydrogen-bond acceptors (Lipinski definition) is 5. The van der Waals surface area contributed by atoms with Gasteiger partial charge in [0.15, 0.2) is 0 Å². The fourth-order valence-electron chi connectivity index (χ4n) is 3.14. The smallest absolute Gasteiger partial charge is 0.243 e. The van der Waals surface area contributed by atoms with E-state index in [4.69, 9.17) is 9.47 Å². The Morgan fingerprint density at radius 1 is 0.970 bits per heavy atom. The highest BCUT2D eigenvalue weighted by atomic mass is 79.9. The minimum Gasteiger partial charge on any atom is -0.497 e. The molecule has 3 aromatic rings. The SMILES string of the molecule is COc1ccc(OC)c(NC(=O)CN(Cc2ccc(C)cc2)S(=O)(=O)c2ccc(Br)cc2)c1. The van der Waals surface area contributed by atoms with Crippen LogP contribution in [0.15, 0.2) is 76.1 Å². The minimum atomic E-state index is -3.95. The number of amides is 1. The zero-order valence-corrected chi connectivity index (χ0v) is 20.9. The van der Waals surface area contributed by atoms with Crippen LogP contribution in [0.25, 0.3) is 0 Å². The number of sulfonamides is 1. The maximum atomic E-state index is 13.4. The van der Waals surface area contributed by atoms with Crippen molar-refractivity contribution in [1.29, 1.82) is 0 Å². The summed E-state index contributed by atoms with van der Waals surface area (Å²) in [6.07, 6.45) is 0. The largest absolute Gasteiger partial charge is 0.497 e. The number of hydrogen-bond donors (Lipinski definition) is 1. The van der Waals surface area contributed by atoms with E-state index in [2.05, 4.69) is 21.2 Å². The Morgan fingerprint density at radius 3 is 2.24 bits per heavy atom. The monoisotopic (exact) mass is 532 g/mol. The summed E-state index contributed by atoms with van der Waals surface area (Å²) < 4.78 is 39.2. The second kappa shape index (κ2) is 10.8. The summed E-state index contributed by atoms with van der Waals surface area (Å²) in [7, 11) is -0.946. The molecule has 1 amide bonds. The fourth-order valence-corrected chi connectivity index (χ4v) is 4.79. The molecule has 33 heavy (non-hydrogen) atoms. The number of carbonyl (C=O) groups excluding carboxylic acids is 1. The molecule has 0 fully saturated rings. The summed E-state index contributed by atoms with van der Waals surface area (Å²) in [5.41, 5.74) is 2.22. The number of aryl methyl sites for hydroxylation is 1. The van der Waals surface area contributed by atoms with Crippen molar-refractivity contribution in [3.05, 3.63) is 82.3 Å². The normalized spacial score (nSPS) is 11.3. The second-order valence-corrected chi connectivity index (χ2v) is 10.2. The Hall–Kier alpha value is -2.88. The van der Waals surface area contributed by atoms with Gasteiger partial charge in [-0.1, -0.05) is 45.8 Å². The van der Waals surface area contributed by atoms with Crippen LogP contribution in [-0.4, -0.2) is 39.4 Å². The summed E-state index contributed by atoms with van der Waals surface area (Å²) in [5.74, 6) is 0.462. The van der Waals surface area contributed by atoms with Crippen LogP contribution in [0.5, 0.6) is 11.5 Å². The third-order valence-electron chi connectivity index (χ3n) is 4.93. The molecule has 3 rings (SSSR count). The fraction of sp³-hybridized carbons (Fsp3) is 0.208. The topological polar surface area (TPSA) is 84.9 Å². The zero-order valence-electron chi connectivity index (χ0n) is 18.5. The average Bonchev–Trinajstić information content (AvgIpc) is 2.80. The molecule has 0 radical (unpaired) electrons. The Kier molecular flexibility index (Phi) is 8.12. The number of methoxy groups -OCH3 is 2. The third kappa shape index (κ3) is 6.34. The van der Waals surface area contributed by atoms with E-state index >= 15 is 0 Å². The molecular weight excluding hydrogens is 508 g/mol. The summed E-state index contributed by atoms with van der Waals surface area (Å²) in [5, 5.41) is 2.74. The van der Waals surface area contributed by atoms with Crippen molar-refractivity contribution < 1.29 is 22.7 Å². The molecule has 0 atom stereocenters. The lowest BCUT2D eigenvalue weighted by Gasteiger charge is -2.22. The first-order chi connectivity index (χ1) is 15.7. The van der Waals surface area contributed by atoms with Crippen molar-refractivity contribution in [3.8, 4) is 11.5 Å². The van der Waals surface area contributed by atoms with Crippen molar-refractivity contribution in [2.75, 3.05) is 26.1 Å². The molecule has 0 saturated heterocycles. The van der Waals surface area contributed by atoms with Crippen LogP contribution in [0.4, 0.5) is 5.69 Å². The first-order valence-electron chi connectivity index (χ1n) is 10.1. The number of ether oxygens (including phenoxy) is 2. The molecule has 0 bridgehead atoms. The van der Waals surface area contributed by atoms with Crippen LogP contribution in [-0.2, 0) is 21.4 Å². The molecular formula is C24H25BrN2O5S. The molecule has 3 aromatic carbocycles. The Labute approximate surface area is 202 Å². The van der Waals surface area contributed by atoms with Crippen LogP contribution in [0.3, 0.4) is 0 Å². The van der Waals surface area contributed by atoms with Gasteiger partial charge in [-0.15, -0.1) is 0 Å². The molecule has 0 saturated carbocycles. The summed E-state index contributed by atoms with van der Waals surface area (Å²) in [6, 6.07) is 18.8. The lowest BCUT2D eigenvalue weighted by atomic mass is 10.1. The van der Waals surface area contributed by atoms with E-state index in [1.807, 2.05) is 31.2 Å². The van der Waals surface area contributed by atoms with Gasteiger partial charge < -0.3 is 14.8 Å². The number of rotatable bonds is 9. The molecule has 0 unspecified atom stereocenters. The quantitative estimate of drug-likeness (QED) is 0.435. The summed E-state index contributed by atoms with van der Waals surface area (Å²) >= 11 is 3.32. The van der Waals surface area contributed by atoms with E-state index in [0.717, 1.165) is 19.9 Å². The number of anilines is 1. The van der Waals surface area contributed by atoms with E-state index < -0.39 is 15.9 Å². The van der Waals surface area contributed by atoms with Crippen LogP contribution in [0, 0.1) is 6.92 Å². The molecule has 1 N–H and O–H groups in total. The molecule has 7 nitrogen and oxygen atoms in total. The van der Waals surface area contributed by atoms with Gasteiger partial charge in [0, 0.05) is 17.1 Å². The first-order valence-corrected chi connectivity index (χ1v) is 12.3. The second-order valence-electron chi connectivity index (χ2n) is 7.33. The summed E-state index contributed by atoms with van der Waals surface area (Å²) in [4.78, 5) is 13.0. The maximum absolute atomic E-state index is 13.4. The first kappa shape index (κ1) is 24.8. The number of halogens is 1. The summed E-state index contributed by atoms with van der Waals surface area (Å²) in [6.45, 7) is 1.61. The van der Waals surface area contributed by atoms with Gasteiger partial charge in [0.25, 0.3) is 0 Å². The molecule has 0 aliphatic rings.